The van der Waals surface area contributed by atoms with E-state index in [9.17, 15) is 4.79 Å². The molecule has 17 heavy (non-hydrogen) atoms. The zero-order valence-electron chi connectivity index (χ0n) is 10.8. The first-order chi connectivity index (χ1) is 7.80. The number of piperidine rings is 1. The summed E-state index contributed by atoms with van der Waals surface area (Å²) >= 11 is 1.66. The van der Waals surface area contributed by atoms with Crippen LogP contribution in [-0.4, -0.2) is 16.9 Å². The van der Waals surface area contributed by atoms with E-state index < -0.39 is 0 Å². The monoisotopic (exact) mass is 249 g/mol. The van der Waals surface area contributed by atoms with E-state index in [1.165, 1.54) is 0 Å². The number of thiophene rings is 1. The van der Waals surface area contributed by atoms with Crippen molar-refractivity contribution in [3.05, 3.63) is 28.0 Å². The van der Waals surface area contributed by atoms with Gasteiger partial charge in [-0.1, -0.05) is 6.07 Å². The van der Waals surface area contributed by atoms with Crippen LogP contribution in [0.2, 0.25) is 0 Å². The zero-order chi connectivity index (χ0) is 12.7. The molecular weight excluding hydrogens is 230 g/mol. The molecule has 0 saturated carbocycles. The van der Waals surface area contributed by atoms with Crippen molar-refractivity contribution in [3.8, 4) is 0 Å². The number of carbonyl (C=O) groups is 1. The summed E-state index contributed by atoms with van der Waals surface area (Å²) in [4.78, 5) is 13.4. The van der Waals surface area contributed by atoms with Crippen molar-refractivity contribution in [2.24, 2.45) is 0 Å². The summed E-state index contributed by atoms with van der Waals surface area (Å²) in [6.07, 6.45) is 2.59. The van der Waals surface area contributed by atoms with E-state index in [1.807, 2.05) is 23.6 Å². The first kappa shape index (κ1) is 12.5. The van der Waals surface area contributed by atoms with Gasteiger partial charge in [-0.05, 0) is 45.2 Å². The van der Waals surface area contributed by atoms with Crippen molar-refractivity contribution in [1.29, 1.82) is 0 Å². The molecule has 0 radical (unpaired) electrons. The number of Topliss-reactive ketones (excluding diaryl/α,β-unsaturated/α-hetero) is 1. The maximum Gasteiger partial charge on any atom is 0.162 e. The average molecular weight is 249 g/mol. The Morgan fingerprint density at radius 2 is 2.06 bits per heavy atom. The second-order valence-corrected chi connectivity index (χ2v) is 6.79. The van der Waals surface area contributed by atoms with Gasteiger partial charge in [0.2, 0.25) is 0 Å². The lowest BCUT2D eigenvalue weighted by atomic mass is 9.77. The highest BCUT2D eigenvalue weighted by molar-refractivity contribution is 7.10. The molecule has 1 saturated heterocycles. The molecule has 2 heterocycles. The molecule has 3 heteroatoms. The minimum atomic E-state index is -0.261. The van der Waals surface area contributed by atoms with Crippen molar-refractivity contribution in [1.82, 2.24) is 5.32 Å². The van der Waals surface area contributed by atoms with E-state index >= 15 is 0 Å². The molecule has 1 N–H and O–H groups in total. The number of hydrogen-bond donors (Lipinski definition) is 1. The fourth-order valence-corrected chi connectivity index (χ4v) is 3.24. The van der Waals surface area contributed by atoms with Gasteiger partial charge in [-0.2, -0.15) is 0 Å². The summed E-state index contributed by atoms with van der Waals surface area (Å²) in [5.41, 5.74) is 0.509. The molecule has 0 spiro atoms. The first-order valence-corrected chi connectivity index (χ1v) is 6.76. The van der Waals surface area contributed by atoms with Gasteiger partial charge in [0.25, 0.3) is 0 Å². The van der Waals surface area contributed by atoms with Crippen molar-refractivity contribution in [2.75, 3.05) is 0 Å². The molecule has 2 rings (SSSR count). The SMILES string of the molecule is CC1(C)CC(=O)/C(=C\c2cccs2)C(C)(C)N1. The maximum absolute atomic E-state index is 12.2. The molecule has 1 fully saturated rings. The van der Waals surface area contributed by atoms with Crippen LogP contribution in [0, 0.1) is 0 Å². The van der Waals surface area contributed by atoms with E-state index in [0.29, 0.717) is 6.42 Å². The maximum atomic E-state index is 12.2. The van der Waals surface area contributed by atoms with Crippen LogP contribution in [0.3, 0.4) is 0 Å². The Balaban J connectivity index is 2.37. The molecule has 0 bridgehead atoms. The summed E-state index contributed by atoms with van der Waals surface area (Å²) in [5, 5.41) is 5.57. The van der Waals surface area contributed by atoms with Gasteiger partial charge in [-0.3, -0.25) is 4.79 Å². The van der Waals surface area contributed by atoms with Crippen molar-refractivity contribution >= 4 is 23.2 Å². The Morgan fingerprint density at radius 1 is 1.35 bits per heavy atom. The van der Waals surface area contributed by atoms with Crippen molar-refractivity contribution in [3.63, 3.8) is 0 Å². The summed E-state index contributed by atoms with van der Waals surface area (Å²) in [6.45, 7) is 8.31. The van der Waals surface area contributed by atoms with Crippen LogP contribution in [-0.2, 0) is 4.79 Å². The lowest BCUT2D eigenvalue weighted by Gasteiger charge is -2.43. The van der Waals surface area contributed by atoms with E-state index in [1.54, 1.807) is 11.3 Å². The summed E-state index contributed by atoms with van der Waals surface area (Å²) in [5.74, 6) is 0.257. The van der Waals surface area contributed by atoms with Gasteiger partial charge in [-0.25, -0.2) is 0 Å². The Labute approximate surface area is 107 Å². The Hall–Kier alpha value is -0.930. The Bertz CT molecular complexity index is 455. The topological polar surface area (TPSA) is 29.1 Å². The first-order valence-electron chi connectivity index (χ1n) is 5.88. The van der Waals surface area contributed by atoms with Gasteiger partial charge in [0.1, 0.15) is 0 Å². The highest BCUT2D eigenvalue weighted by atomic mass is 32.1. The van der Waals surface area contributed by atoms with Gasteiger partial charge in [0, 0.05) is 27.9 Å². The molecular formula is C14H19NOS. The van der Waals surface area contributed by atoms with Crippen LogP contribution in [0.15, 0.2) is 23.1 Å². The Morgan fingerprint density at radius 3 is 2.59 bits per heavy atom. The lowest BCUT2D eigenvalue weighted by Crippen LogP contribution is -2.59. The fraction of sp³-hybridized carbons (Fsp3) is 0.500. The van der Waals surface area contributed by atoms with Crippen molar-refractivity contribution in [2.45, 2.75) is 45.2 Å². The van der Waals surface area contributed by atoms with Gasteiger partial charge in [0.05, 0.1) is 0 Å². The molecule has 1 aliphatic heterocycles. The lowest BCUT2D eigenvalue weighted by molar-refractivity contribution is -0.119. The molecule has 1 aliphatic rings. The average Bonchev–Trinajstić information content (AvgIpc) is 2.60. The van der Waals surface area contributed by atoms with Crippen LogP contribution >= 0.6 is 11.3 Å². The third-order valence-electron chi connectivity index (χ3n) is 3.06. The molecule has 2 nitrogen and oxygen atoms in total. The second-order valence-electron chi connectivity index (χ2n) is 5.81. The van der Waals surface area contributed by atoms with Crippen LogP contribution in [0.5, 0.6) is 0 Å². The number of rotatable bonds is 1. The van der Waals surface area contributed by atoms with Gasteiger partial charge < -0.3 is 5.32 Å². The molecule has 0 atom stereocenters. The number of nitrogens with one attached hydrogen (secondary N) is 1. The predicted octanol–water partition coefficient (Wildman–Crippen LogP) is 3.25. The normalized spacial score (nSPS) is 25.2. The zero-order valence-corrected chi connectivity index (χ0v) is 11.6. The second kappa shape index (κ2) is 4.07. The van der Waals surface area contributed by atoms with Crippen molar-refractivity contribution < 1.29 is 4.79 Å². The van der Waals surface area contributed by atoms with E-state index in [2.05, 4.69) is 33.0 Å². The van der Waals surface area contributed by atoms with E-state index in [4.69, 9.17) is 0 Å². The van der Waals surface area contributed by atoms with Gasteiger partial charge in [0.15, 0.2) is 5.78 Å². The minimum Gasteiger partial charge on any atom is -0.302 e. The van der Waals surface area contributed by atoms with Crippen LogP contribution in [0.25, 0.3) is 6.08 Å². The largest absolute Gasteiger partial charge is 0.302 e. The summed E-state index contributed by atoms with van der Waals surface area (Å²) < 4.78 is 0. The highest BCUT2D eigenvalue weighted by Crippen LogP contribution is 2.32. The van der Waals surface area contributed by atoms with Crippen LogP contribution in [0.4, 0.5) is 0 Å². The number of ketones is 1. The molecule has 0 aliphatic carbocycles. The summed E-state index contributed by atoms with van der Waals surface area (Å²) in [7, 11) is 0. The molecule has 1 aromatic rings. The molecule has 0 unspecified atom stereocenters. The molecule has 0 amide bonds. The molecule has 0 aromatic carbocycles. The molecule has 92 valence electrons. The van der Waals surface area contributed by atoms with E-state index in [0.717, 1.165) is 10.5 Å². The smallest absolute Gasteiger partial charge is 0.162 e. The quantitative estimate of drug-likeness (QED) is 0.774. The van der Waals surface area contributed by atoms with Gasteiger partial charge in [-0.15, -0.1) is 11.3 Å². The standard InChI is InChI=1S/C14H19NOS/c1-13(2)9-12(16)11(14(3,4)15-13)8-10-6-5-7-17-10/h5-8,15H,9H2,1-4H3/b11-8+. The summed E-state index contributed by atoms with van der Waals surface area (Å²) in [6, 6.07) is 4.05. The Kier molecular flexibility index (Phi) is 3.00. The fourth-order valence-electron chi connectivity index (χ4n) is 2.58. The highest BCUT2D eigenvalue weighted by Gasteiger charge is 2.40. The van der Waals surface area contributed by atoms with Crippen LogP contribution in [0.1, 0.15) is 39.0 Å². The minimum absolute atomic E-state index is 0.118. The third kappa shape index (κ3) is 2.67. The predicted molar refractivity (Wildman–Crippen MR) is 73.2 cm³/mol. The molecule has 1 aromatic heterocycles. The number of hydrogen-bond acceptors (Lipinski definition) is 3. The van der Waals surface area contributed by atoms with Crippen LogP contribution < -0.4 is 5.32 Å². The van der Waals surface area contributed by atoms with E-state index in [-0.39, 0.29) is 16.9 Å². The third-order valence-corrected chi connectivity index (χ3v) is 3.88. The number of carbonyl (C=O) groups excluding carboxylic acids is 1. The van der Waals surface area contributed by atoms with Gasteiger partial charge >= 0.3 is 0 Å².